The number of benzene rings is 1. The van der Waals surface area contributed by atoms with Crippen LogP contribution in [0.2, 0.25) is 0 Å². The zero-order valence-electron chi connectivity index (χ0n) is 11.2. The van der Waals surface area contributed by atoms with Gasteiger partial charge in [0.1, 0.15) is 11.4 Å². The van der Waals surface area contributed by atoms with Crippen molar-refractivity contribution in [1.82, 2.24) is 5.16 Å². The summed E-state index contributed by atoms with van der Waals surface area (Å²) in [5, 5.41) is 4.02. The molecule has 1 heterocycles. The van der Waals surface area contributed by atoms with Crippen molar-refractivity contribution in [2.75, 3.05) is 12.3 Å². The lowest BCUT2D eigenvalue weighted by Crippen LogP contribution is -1.96. The quantitative estimate of drug-likeness (QED) is 0.903. The molecular weight excluding hydrogens is 228 g/mol. The highest BCUT2D eigenvalue weighted by Crippen LogP contribution is 2.32. The van der Waals surface area contributed by atoms with Crippen molar-refractivity contribution in [2.24, 2.45) is 0 Å². The molecule has 0 atom stereocenters. The summed E-state index contributed by atoms with van der Waals surface area (Å²) in [5.41, 5.74) is 10.6. The summed E-state index contributed by atoms with van der Waals surface area (Å²) in [6.07, 6.45) is 0. The fourth-order valence-corrected chi connectivity index (χ4v) is 1.96. The maximum Gasteiger partial charge on any atom is 0.225 e. The summed E-state index contributed by atoms with van der Waals surface area (Å²) in [5.74, 6) is 1.28. The van der Waals surface area contributed by atoms with Crippen molar-refractivity contribution in [1.29, 1.82) is 0 Å². The zero-order chi connectivity index (χ0) is 13.3. The smallest absolute Gasteiger partial charge is 0.225 e. The number of hydrogen-bond acceptors (Lipinski definition) is 4. The van der Waals surface area contributed by atoms with Gasteiger partial charge in [-0.05, 0) is 51.0 Å². The molecule has 0 bridgehead atoms. The second kappa shape index (κ2) is 4.72. The van der Waals surface area contributed by atoms with Gasteiger partial charge in [0, 0.05) is 11.1 Å². The van der Waals surface area contributed by atoms with Gasteiger partial charge in [0.15, 0.2) is 0 Å². The van der Waals surface area contributed by atoms with Gasteiger partial charge in [-0.2, -0.15) is 0 Å². The van der Waals surface area contributed by atoms with Crippen LogP contribution in [0.3, 0.4) is 0 Å². The second-order valence-electron chi connectivity index (χ2n) is 4.39. The van der Waals surface area contributed by atoms with Gasteiger partial charge >= 0.3 is 0 Å². The van der Waals surface area contributed by atoms with E-state index in [4.69, 9.17) is 15.0 Å². The molecule has 2 aromatic rings. The predicted molar refractivity (Wildman–Crippen MR) is 71.7 cm³/mol. The van der Waals surface area contributed by atoms with Crippen molar-refractivity contribution < 1.29 is 9.26 Å². The molecule has 4 nitrogen and oxygen atoms in total. The maximum atomic E-state index is 5.69. The number of anilines is 1. The van der Waals surface area contributed by atoms with Crippen LogP contribution in [0.4, 0.5) is 5.88 Å². The van der Waals surface area contributed by atoms with Crippen LogP contribution in [0.15, 0.2) is 16.7 Å². The van der Waals surface area contributed by atoms with Crippen molar-refractivity contribution >= 4 is 5.88 Å². The molecule has 0 aliphatic rings. The third-order valence-corrected chi connectivity index (χ3v) is 3.04. The van der Waals surface area contributed by atoms with Gasteiger partial charge < -0.3 is 15.0 Å². The van der Waals surface area contributed by atoms with Crippen LogP contribution in [0.1, 0.15) is 23.6 Å². The minimum atomic E-state index is 0.371. The molecule has 0 radical (unpaired) electrons. The van der Waals surface area contributed by atoms with Gasteiger partial charge in [0.05, 0.1) is 6.61 Å². The third kappa shape index (κ3) is 2.06. The van der Waals surface area contributed by atoms with Gasteiger partial charge in [-0.25, -0.2) is 0 Å². The molecule has 0 unspecified atom stereocenters. The van der Waals surface area contributed by atoms with E-state index in [0.29, 0.717) is 12.5 Å². The minimum Gasteiger partial charge on any atom is -0.494 e. The van der Waals surface area contributed by atoms with Gasteiger partial charge in [-0.3, -0.25) is 0 Å². The van der Waals surface area contributed by atoms with Crippen LogP contribution < -0.4 is 10.5 Å². The fraction of sp³-hybridized carbons (Fsp3) is 0.357. The summed E-state index contributed by atoms with van der Waals surface area (Å²) < 4.78 is 10.6. The molecule has 18 heavy (non-hydrogen) atoms. The fourth-order valence-electron chi connectivity index (χ4n) is 1.96. The van der Waals surface area contributed by atoms with Crippen LogP contribution in [0.25, 0.3) is 11.3 Å². The van der Waals surface area contributed by atoms with Gasteiger partial charge in [0.2, 0.25) is 5.88 Å². The van der Waals surface area contributed by atoms with Crippen molar-refractivity contribution in [3.05, 3.63) is 28.8 Å². The molecular formula is C14H18N2O2. The molecule has 0 saturated carbocycles. The Bertz CT molecular complexity index is 573. The molecule has 1 aromatic heterocycles. The molecule has 96 valence electrons. The summed E-state index contributed by atoms with van der Waals surface area (Å²) >= 11 is 0. The zero-order valence-corrected chi connectivity index (χ0v) is 11.2. The molecule has 0 aliphatic heterocycles. The summed E-state index contributed by atoms with van der Waals surface area (Å²) in [6.45, 7) is 8.60. The average Bonchev–Trinajstić information content (AvgIpc) is 2.65. The van der Waals surface area contributed by atoms with Crippen LogP contribution in [0, 0.1) is 20.8 Å². The molecule has 0 spiro atoms. The lowest BCUT2D eigenvalue weighted by Gasteiger charge is -2.11. The Kier molecular flexibility index (Phi) is 3.28. The number of aromatic nitrogens is 1. The summed E-state index contributed by atoms with van der Waals surface area (Å²) in [4.78, 5) is 0. The molecule has 4 heteroatoms. The van der Waals surface area contributed by atoms with E-state index in [1.54, 1.807) is 0 Å². The molecule has 0 saturated heterocycles. The average molecular weight is 246 g/mol. The first-order valence-corrected chi connectivity index (χ1v) is 6.00. The van der Waals surface area contributed by atoms with Crippen LogP contribution in [-0.2, 0) is 0 Å². The number of nitrogens with zero attached hydrogens (tertiary/aromatic N) is 1. The molecule has 0 amide bonds. The molecule has 1 aromatic carbocycles. The van der Waals surface area contributed by atoms with Crippen LogP contribution >= 0.6 is 0 Å². The number of nitrogens with two attached hydrogens (primary N) is 1. The molecule has 0 fully saturated rings. The van der Waals surface area contributed by atoms with Gasteiger partial charge in [-0.15, -0.1) is 0 Å². The van der Waals surface area contributed by atoms with E-state index < -0.39 is 0 Å². The highest BCUT2D eigenvalue weighted by Gasteiger charge is 2.15. The molecule has 2 rings (SSSR count). The first-order valence-electron chi connectivity index (χ1n) is 6.00. The van der Waals surface area contributed by atoms with Crippen LogP contribution in [-0.4, -0.2) is 11.8 Å². The van der Waals surface area contributed by atoms with E-state index >= 15 is 0 Å². The van der Waals surface area contributed by atoms with E-state index in [9.17, 15) is 0 Å². The lowest BCUT2D eigenvalue weighted by atomic mass is 10.00. The number of hydrogen-bond donors (Lipinski definition) is 1. The predicted octanol–water partition coefficient (Wildman–Crippen LogP) is 3.25. The maximum absolute atomic E-state index is 5.69. The van der Waals surface area contributed by atoms with E-state index in [1.807, 2.05) is 33.8 Å². The van der Waals surface area contributed by atoms with E-state index in [1.165, 1.54) is 0 Å². The number of nitrogen functional groups attached to an aromatic ring is 1. The SMILES string of the molecule is CCOc1cc(C)c(-c2noc(N)c2C)cc1C. The van der Waals surface area contributed by atoms with Crippen molar-refractivity contribution in [3.8, 4) is 17.0 Å². The highest BCUT2D eigenvalue weighted by molar-refractivity contribution is 5.71. The van der Waals surface area contributed by atoms with E-state index in [0.717, 1.165) is 33.7 Å². The Morgan fingerprint density at radius 2 is 1.94 bits per heavy atom. The molecule has 2 N–H and O–H groups in total. The standard InChI is InChI=1S/C14H18N2O2/c1-5-17-12-7-8(2)11(6-9(12)3)13-10(4)14(15)18-16-13/h6-7H,5,15H2,1-4H3. The number of aryl methyl sites for hydroxylation is 2. The number of rotatable bonds is 3. The second-order valence-corrected chi connectivity index (χ2v) is 4.39. The largest absolute Gasteiger partial charge is 0.494 e. The Morgan fingerprint density at radius 1 is 1.22 bits per heavy atom. The van der Waals surface area contributed by atoms with E-state index in [2.05, 4.69) is 11.2 Å². The first kappa shape index (κ1) is 12.5. The van der Waals surface area contributed by atoms with Crippen molar-refractivity contribution in [2.45, 2.75) is 27.7 Å². The summed E-state index contributed by atoms with van der Waals surface area (Å²) in [7, 11) is 0. The normalized spacial score (nSPS) is 10.7. The van der Waals surface area contributed by atoms with E-state index in [-0.39, 0.29) is 0 Å². The van der Waals surface area contributed by atoms with Gasteiger partial charge in [-0.1, -0.05) is 5.16 Å². The van der Waals surface area contributed by atoms with Gasteiger partial charge in [0.25, 0.3) is 0 Å². The Balaban J connectivity index is 2.53. The monoisotopic (exact) mass is 246 g/mol. The number of ether oxygens (including phenoxy) is 1. The Hall–Kier alpha value is -1.97. The molecule has 0 aliphatic carbocycles. The van der Waals surface area contributed by atoms with Crippen molar-refractivity contribution in [3.63, 3.8) is 0 Å². The van der Waals surface area contributed by atoms with Crippen LogP contribution in [0.5, 0.6) is 5.75 Å². The lowest BCUT2D eigenvalue weighted by molar-refractivity contribution is 0.337. The highest BCUT2D eigenvalue weighted by atomic mass is 16.5. The minimum absolute atomic E-state index is 0.371. The first-order chi connectivity index (χ1) is 8.54. The topological polar surface area (TPSA) is 61.3 Å². The summed E-state index contributed by atoms with van der Waals surface area (Å²) in [6, 6.07) is 4.09. The Labute approximate surface area is 107 Å². The Morgan fingerprint density at radius 3 is 2.50 bits per heavy atom. The third-order valence-electron chi connectivity index (χ3n) is 3.04.